The number of nitrogens with one attached hydrogen (secondary N) is 2. The Morgan fingerprint density at radius 2 is 2.50 bits per heavy atom. The summed E-state index contributed by atoms with van der Waals surface area (Å²) in [6.07, 6.45) is 4.97. The van der Waals surface area contributed by atoms with Crippen LogP contribution in [0.1, 0.15) is 15.2 Å². The van der Waals surface area contributed by atoms with Crippen LogP contribution in [0.3, 0.4) is 0 Å². The van der Waals surface area contributed by atoms with Crippen LogP contribution in [-0.2, 0) is 6.54 Å². The first-order valence-corrected chi connectivity index (χ1v) is 4.88. The van der Waals surface area contributed by atoms with Gasteiger partial charge in [-0.15, -0.1) is 11.3 Å². The number of aromatic nitrogens is 3. The van der Waals surface area contributed by atoms with Crippen molar-refractivity contribution < 1.29 is 4.79 Å². The first-order valence-electron chi connectivity index (χ1n) is 4.00. The molecule has 0 fully saturated rings. The number of thiazole rings is 1. The van der Waals surface area contributed by atoms with Gasteiger partial charge in [0.2, 0.25) is 0 Å². The van der Waals surface area contributed by atoms with Gasteiger partial charge in [0.1, 0.15) is 4.88 Å². The number of hydrogen-bond acceptors (Lipinski definition) is 4. The molecular weight excluding hydrogens is 200 g/mol. The Morgan fingerprint density at radius 3 is 3.14 bits per heavy atom. The highest BCUT2D eigenvalue weighted by Gasteiger charge is 2.06. The van der Waals surface area contributed by atoms with Crippen molar-refractivity contribution in [2.24, 2.45) is 0 Å². The molecule has 0 aliphatic carbocycles. The first kappa shape index (κ1) is 8.89. The summed E-state index contributed by atoms with van der Waals surface area (Å²) in [5.74, 6) is -0.103. The minimum Gasteiger partial charge on any atom is -0.347 e. The monoisotopic (exact) mass is 208 g/mol. The Bertz CT molecular complexity index is 395. The highest BCUT2D eigenvalue weighted by Crippen LogP contribution is 2.05. The van der Waals surface area contributed by atoms with E-state index in [2.05, 4.69) is 20.5 Å². The van der Waals surface area contributed by atoms with Crippen molar-refractivity contribution in [1.29, 1.82) is 0 Å². The molecule has 0 aromatic carbocycles. The number of nitrogens with zero attached hydrogens (tertiary/aromatic N) is 2. The van der Waals surface area contributed by atoms with E-state index in [0.29, 0.717) is 11.4 Å². The van der Waals surface area contributed by atoms with E-state index in [4.69, 9.17) is 0 Å². The van der Waals surface area contributed by atoms with Crippen LogP contribution in [0.15, 0.2) is 24.1 Å². The lowest BCUT2D eigenvalue weighted by Gasteiger charge is -1.99. The third-order valence-corrected chi connectivity index (χ3v) is 2.44. The summed E-state index contributed by atoms with van der Waals surface area (Å²) in [5, 5.41) is 9.21. The zero-order chi connectivity index (χ0) is 9.80. The summed E-state index contributed by atoms with van der Waals surface area (Å²) in [6.45, 7) is 0.479. The molecule has 0 saturated heterocycles. The molecule has 2 aromatic rings. The fourth-order valence-corrected chi connectivity index (χ4v) is 1.51. The summed E-state index contributed by atoms with van der Waals surface area (Å²) in [4.78, 5) is 15.9. The SMILES string of the molecule is O=C(NCc1cn[nH]c1)c1cncs1. The minimum atomic E-state index is -0.103. The van der Waals surface area contributed by atoms with Crippen LogP contribution >= 0.6 is 11.3 Å². The van der Waals surface area contributed by atoms with E-state index in [-0.39, 0.29) is 5.91 Å². The molecule has 0 saturated carbocycles. The van der Waals surface area contributed by atoms with Gasteiger partial charge < -0.3 is 5.32 Å². The highest BCUT2D eigenvalue weighted by atomic mass is 32.1. The Labute approximate surface area is 84.2 Å². The van der Waals surface area contributed by atoms with Crippen molar-refractivity contribution in [2.75, 3.05) is 0 Å². The van der Waals surface area contributed by atoms with Gasteiger partial charge in [0.05, 0.1) is 17.9 Å². The second kappa shape index (κ2) is 4.01. The molecule has 0 unspecified atom stereocenters. The molecule has 1 amide bonds. The fourth-order valence-electron chi connectivity index (χ4n) is 0.972. The van der Waals surface area contributed by atoms with Crippen LogP contribution in [0.25, 0.3) is 0 Å². The Balaban J connectivity index is 1.90. The van der Waals surface area contributed by atoms with E-state index < -0.39 is 0 Å². The number of amides is 1. The van der Waals surface area contributed by atoms with Gasteiger partial charge in [-0.1, -0.05) is 0 Å². The molecule has 2 N–H and O–H groups in total. The molecule has 0 bridgehead atoms. The Kier molecular flexibility index (Phi) is 2.55. The van der Waals surface area contributed by atoms with Crippen LogP contribution in [-0.4, -0.2) is 21.1 Å². The third-order valence-electron chi connectivity index (χ3n) is 1.66. The Morgan fingerprint density at radius 1 is 1.57 bits per heavy atom. The summed E-state index contributed by atoms with van der Waals surface area (Å²) < 4.78 is 0. The topological polar surface area (TPSA) is 70.7 Å². The largest absolute Gasteiger partial charge is 0.347 e. The maximum absolute atomic E-state index is 11.4. The second-order valence-corrected chi connectivity index (χ2v) is 3.54. The van der Waals surface area contributed by atoms with Crippen LogP contribution in [0, 0.1) is 0 Å². The first-order chi connectivity index (χ1) is 6.86. The van der Waals surface area contributed by atoms with Crippen LogP contribution in [0.4, 0.5) is 0 Å². The van der Waals surface area contributed by atoms with E-state index in [1.54, 1.807) is 24.1 Å². The lowest BCUT2D eigenvalue weighted by molar-refractivity contribution is 0.0955. The highest BCUT2D eigenvalue weighted by molar-refractivity contribution is 7.11. The summed E-state index contributed by atoms with van der Waals surface area (Å²) in [6, 6.07) is 0. The van der Waals surface area contributed by atoms with E-state index in [1.165, 1.54) is 11.3 Å². The van der Waals surface area contributed by atoms with E-state index in [9.17, 15) is 4.79 Å². The lowest BCUT2D eigenvalue weighted by atomic mass is 10.3. The van der Waals surface area contributed by atoms with Crippen molar-refractivity contribution in [3.63, 3.8) is 0 Å². The van der Waals surface area contributed by atoms with Gasteiger partial charge in [-0.25, -0.2) is 0 Å². The maximum Gasteiger partial charge on any atom is 0.263 e. The zero-order valence-corrected chi connectivity index (χ0v) is 8.04. The number of carbonyl (C=O) groups excluding carboxylic acids is 1. The summed E-state index contributed by atoms with van der Waals surface area (Å²) in [5.41, 5.74) is 2.58. The lowest BCUT2D eigenvalue weighted by Crippen LogP contribution is -2.21. The molecule has 2 rings (SSSR count). The molecule has 2 aromatic heterocycles. The van der Waals surface area contributed by atoms with Gasteiger partial charge in [-0.05, 0) is 0 Å². The normalized spacial score (nSPS) is 10.0. The summed E-state index contributed by atoms with van der Waals surface area (Å²) >= 11 is 1.32. The average molecular weight is 208 g/mol. The molecule has 5 nitrogen and oxygen atoms in total. The van der Waals surface area contributed by atoms with Crippen LogP contribution in [0.5, 0.6) is 0 Å². The van der Waals surface area contributed by atoms with Crippen molar-refractivity contribution in [1.82, 2.24) is 20.5 Å². The molecule has 0 spiro atoms. The molecule has 0 aliphatic rings. The van der Waals surface area contributed by atoms with Gasteiger partial charge in [0.25, 0.3) is 5.91 Å². The number of H-pyrrole nitrogens is 1. The smallest absolute Gasteiger partial charge is 0.263 e. The quantitative estimate of drug-likeness (QED) is 0.783. The number of rotatable bonds is 3. The molecule has 0 radical (unpaired) electrons. The summed E-state index contributed by atoms with van der Waals surface area (Å²) in [7, 11) is 0. The molecule has 14 heavy (non-hydrogen) atoms. The molecular formula is C8H8N4OS. The van der Waals surface area contributed by atoms with Gasteiger partial charge in [0, 0.05) is 18.3 Å². The van der Waals surface area contributed by atoms with Gasteiger partial charge in [-0.2, -0.15) is 5.10 Å². The molecule has 72 valence electrons. The predicted molar refractivity (Wildman–Crippen MR) is 51.9 cm³/mol. The minimum absolute atomic E-state index is 0.103. The maximum atomic E-state index is 11.4. The van der Waals surface area contributed by atoms with Crippen molar-refractivity contribution in [2.45, 2.75) is 6.54 Å². The molecule has 0 atom stereocenters. The Hall–Kier alpha value is -1.69. The van der Waals surface area contributed by atoms with Crippen molar-refractivity contribution in [3.05, 3.63) is 34.5 Å². The van der Waals surface area contributed by atoms with Crippen LogP contribution < -0.4 is 5.32 Å². The van der Waals surface area contributed by atoms with E-state index in [0.717, 1.165) is 5.56 Å². The van der Waals surface area contributed by atoms with Crippen LogP contribution in [0.2, 0.25) is 0 Å². The van der Waals surface area contributed by atoms with E-state index >= 15 is 0 Å². The zero-order valence-electron chi connectivity index (χ0n) is 7.23. The van der Waals surface area contributed by atoms with Gasteiger partial charge >= 0.3 is 0 Å². The number of aromatic amines is 1. The fraction of sp³-hybridized carbons (Fsp3) is 0.125. The molecule has 0 aliphatic heterocycles. The van der Waals surface area contributed by atoms with Crippen molar-refractivity contribution >= 4 is 17.2 Å². The average Bonchev–Trinajstić information content (AvgIpc) is 2.87. The van der Waals surface area contributed by atoms with E-state index in [1.807, 2.05) is 0 Å². The standard InChI is InChI=1S/C8H8N4OS/c13-8(7-4-9-5-14-7)10-1-6-2-11-12-3-6/h2-5H,1H2,(H,10,13)(H,11,12). The molecule has 2 heterocycles. The number of carbonyl (C=O) groups is 1. The van der Waals surface area contributed by atoms with Gasteiger partial charge in [0.15, 0.2) is 0 Å². The predicted octanol–water partition coefficient (Wildman–Crippen LogP) is 0.796. The third kappa shape index (κ3) is 1.97. The van der Waals surface area contributed by atoms with Gasteiger partial charge in [-0.3, -0.25) is 14.9 Å². The van der Waals surface area contributed by atoms with Crippen molar-refractivity contribution in [3.8, 4) is 0 Å². The second-order valence-electron chi connectivity index (χ2n) is 2.65. The number of hydrogen-bond donors (Lipinski definition) is 2. The molecule has 6 heteroatoms.